The molecule has 10 heavy (non-hydrogen) atoms. The minimum atomic E-state index is -1.62. The van der Waals surface area contributed by atoms with Gasteiger partial charge in [0.1, 0.15) is 6.33 Å². The van der Waals surface area contributed by atoms with E-state index in [1.165, 1.54) is 0 Å². The van der Waals surface area contributed by atoms with Gasteiger partial charge in [-0.1, -0.05) is 34.8 Å². The Morgan fingerprint density at radius 2 is 2.00 bits per heavy atom. The Kier molecular flexibility index (Phi) is 2.23. The van der Waals surface area contributed by atoms with Crippen LogP contribution in [0.25, 0.3) is 0 Å². The van der Waals surface area contributed by atoms with E-state index >= 15 is 0 Å². The predicted molar refractivity (Wildman–Crippen MR) is 36.9 cm³/mol. The lowest BCUT2D eigenvalue weighted by Crippen LogP contribution is -2.08. The van der Waals surface area contributed by atoms with Gasteiger partial charge in [-0.05, 0) is 5.21 Å². The number of alkyl halides is 3. The van der Waals surface area contributed by atoms with Crippen molar-refractivity contribution in [3.05, 3.63) is 12.2 Å². The second kappa shape index (κ2) is 2.82. The summed E-state index contributed by atoms with van der Waals surface area (Å²) in [7, 11) is 0. The third kappa shape index (κ3) is 1.90. The molecule has 0 N–H and O–H groups in total. The summed E-state index contributed by atoms with van der Waals surface area (Å²) in [6, 6.07) is 0. The molecule has 0 bridgehead atoms. The van der Waals surface area contributed by atoms with E-state index in [2.05, 4.69) is 20.4 Å². The Morgan fingerprint density at radius 1 is 1.30 bits per heavy atom. The van der Waals surface area contributed by atoms with E-state index in [1.807, 2.05) is 0 Å². The molecule has 0 fully saturated rings. The normalized spacial score (nSPS) is 11.5. The standard InChI is InChI=1S/C3HCl3N4/c4-3(5,6)2-7-1-8-10-9-2/h1H. The van der Waals surface area contributed by atoms with E-state index in [0.29, 0.717) is 0 Å². The Labute approximate surface area is 71.5 Å². The zero-order chi connectivity index (χ0) is 7.61. The average molecular weight is 199 g/mol. The van der Waals surface area contributed by atoms with Crippen molar-refractivity contribution < 1.29 is 0 Å². The Hall–Kier alpha value is -0.190. The second-order valence-electron chi connectivity index (χ2n) is 1.37. The zero-order valence-corrected chi connectivity index (χ0v) is 6.77. The fraction of sp³-hybridized carbons (Fsp3) is 0.333. The molecule has 1 rings (SSSR count). The number of hydrogen-bond donors (Lipinski definition) is 0. The molecule has 0 saturated heterocycles. The fourth-order valence-electron chi connectivity index (χ4n) is 0.327. The summed E-state index contributed by atoms with van der Waals surface area (Å²) in [6.07, 6.45) is 1.16. The molecule has 1 aromatic heterocycles. The van der Waals surface area contributed by atoms with Crippen LogP contribution in [0.5, 0.6) is 0 Å². The Morgan fingerprint density at radius 3 is 2.30 bits per heavy atom. The van der Waals surface area contributed by atoms with Crippen LogP contribution < -0.4 is 0 Å². The number of nitrogens with zero attached hydrogens (tertiary/aromatic N) is 4. The summed E-state index contributed by atoms with van der Waals surface area (Å²) < 4.78 is -1.62. The molecule has 1 heterocycles. The zero-order valence-electron chi connectivity index (χ0n) is 4.50. The summed E-state index contributed by atoms with van der Waals surface area (Å²) >= 11 is 16.2. The highest BCUT2D eigenvalue weighted by Gasteiger charge is 2.26. The molecular weight excluding hydrogens is 198 g/mol. The van der Waals surface area contributed by atoms with E-state index in [4.69, 9.17) is 34.8 Å². The first-order chi connectivity index (χ1) is 4.61. The molecule has 0 amide bonds. The monoisotopic (exact) mass is 198 g/mol. The van der Waals surface area contributed by atoms with Gasteiger partial charge in [-0.3, -0.25) is 0 Å². The topological polar surface area (TPSA) is 51.6 Å². The summed E-state index contributed by atoms with van der Waals surface area (Å²) in [5, 5.41) is 9.93. The van der Waals surface area contributed by atoms with Crippen molar-refractivity contribution in [3.8, 4) is 0 Å². The molecule has 0 aliphatic heterocycles. The smallest absolute Gasteiger partial charge is 0.213 e. The van der Waals surface area contributed by atoms with Gasteiger partial charge < -0.3 is 0 Å². The van der Waals surface area contributed by atoms with Gasteiger partial charge in [-0.25, -0.2) is 4.98 Å². The summed E-state index contributed by atoms with van der Waals surface area (Å²) in [6.45, 7) is 0. The first-order valence-electron chi connectivity index (χ1n) is 2.18. The second-order valence-corrected chi connectivity index (χ2v) is 3.65. The Balaban J connectivity index is 2.97. The van der Waals surface area contributed by atoms with Gasteiger partial charge in [0.2, 0.25) is 5.82 Å². The largest absolute Gasteiger partial charge is 0.252 e. The molecule has 0 spiro atoms. The maximum Gasteiger partial charge on any atom is 0.252 e. The quantitative estimate of drug-likeness (QED) is 0.587. The van der Waals surface area contributed by atoms with E-state index in [9.17, 15) is 0 Å². The number of rotatable bonds is 0. The van der Waals surface area contributed by atoms with Crippen molar-refractivity contribution >= 4 is 34.8 Å². The van der Waals surface area contributed by atoms with Crippen LogP contribution in [0, 0.1) is 0 Å². The molecule has 4 nitrogen and oxygen atoms in total. The van der Waals surface area contributed by atoms with E-state index in [0.717, 1.165) is 6.33 Å². The van der Waals surface area contributed by atoms with Crippen molar-refractivity contribution in [2.45, 2.75) is 3.79 Å². The number of hydrogen-bond acceptors (Lipinski definition) is 4. The maximum absolute atomic E-state index is 5.40. The average Bonchev–Trinajstić information content (AvgIpc) is 1.88. The molecule has 0 radical (unpaired) electrons. The molecule has 0 saturated carbocycles. The lowest BCUT2D eigenvalue weighted by atomic mass is 10.7. The molecule has 0 unspecified atom stereocenters. The van der Waals surface area contributed by atoms with Crippen molar-refractivity contribution in [2.24, 2.45) is 0 Å². The van der Waals surface area contributed by atoms with E-state index in [1.54, 1.807) is 0 Å². The Bertz CT molecular complexity index is 207. The van der Waals surface area contributed by atoms with Crippen LogP contribution >= 0.6 is 34.8 Å². The summed E-state index contributed by atoms with van der Waals surface area (Å²) in [5.41, 5.74) is 0. The lowest BCUT2D eigenvalue weighted by Gasteiger charge is -2.04. The fourth-order valence-corrected chi connectivity index (χ4v) is 0.587. The van der Waals surface area contributed by atoms with Gasteiger partial charge in [0, 0.05) is 0 Å². The minimum absolute atomic E-state index is 0.0208. The van der Waals surface area contributed by atoms with Crippen molar-refractivity contribution in [3.63, 3.8) is 0 Å². The van der Waals surface area contributed by atoms with Gasteiger partial charge in [0.05, 0.1) is 0 Å². The predicted octanol–water partition coefficient (Wildman–Crippen LogP) is 1.09. The number of halogens is 3. The highest BCUT2D eigenvalue weighted by Crippen LogP contribution is 2.34. The lowest BCUT2D eigenvalue weighted by molar-refractivity contribution is 0.759. The van der Waals surface area contributed by atoms with Crippen LogP contribution in [0.4, 0.5) is 0 Å². The maximum atomic E-state index is 5.40. The van der Waals surface area contributed by atoms with Gasteiger partial charge in [-0.15, -0.1) is 10.2 Å². The van der Waals surface area contributed by atoms with Crippen LogP contribution in [-0.2, 0) is 3.79 Å². The highest BCUT2D eigenvalue weighted by molar-refractivity contribution is 6.66. The third-order valence-corrected chi connectivity index (χ3v) is 1.18. The van der Waals surface area contributed by atoms with Crippen molar-refractivity contribution in [1.82, 2.24) is 20.4 Å². The molecule has 0 aliphatic carbocycles. The van der Waals surface area contributed by atoms with Crippen LogP contribution in [-0.4, -0.2) is 20.4 Å². The van der Waals surface area contributed by atoms with Gasteiger partial charge in [0.15, 0.2) is 0 Å². The third-order valence-electron chi connectivity index (χ3n) is 0.676. The van der Waals surface area contributed by atoms with Crippen molar-refractivity contribution in [1.29, 1.82) is 0 Å². The van der Waals surface area contributed by atoms with Crippen molar-refractivity contribution in [2.75, 3.05) is 0 Å². The first kappa shape index (κ1) is 7.91. The SMILES string of the molecule is ClC(Cl)(Cl)c1ncnnn1. The molecule has 7 heteroatoms. The summed E-state index contributed by atoms with van der Waals surface area (Å²) in [4.78, 5) is 3.57. The molecule has 1 aromatic rings. The molecule has 54 valence electrons. The van der Waals surface area contributed by atoms with E-state index < -0.39 is 3.79 Å². The molecular formula is C3HCl3N4. The number of aromatic nitrogens is 4. The first-order valence-corrected chi connectivity index (χ1v) is 3.31. The van der Waals surface area contributed by atoms with Crippen LogP contribution in [0.1, 0.15) is 5.82 Å². The van der Waals surface area contributed by atoms with Gasteiger partial charge >= 0.3 is 0 Å². The summed E-state index contributed by atoms with van der Waals surface area (Å²) in [5.74, 6) is 0.0208. The molecule has 0 atom stereocenters. The molecule has 0 aliphatic rings. The minimum Gasteiger partial charge on any atom is -0.213 e. The van der Waals surface area contributed by atoms with E-state index in [-0.39, 0.29) is 5.82 Å². The van der Waals surface area contributed by atoms with Gasteiger partial charge in [-0.2, -0.15) is 0 Å². The van der Waals surface area contributed by atoms with Crippen LogP contribution in [0.3, 0.4) is 0 Å². The van der Waals surface area contributed by atoms with Crippen LogP contribution in [0.15, 0.2) is 6.33 Å². The van der Waals surface area contributed by atoms with Gasteiger partial charge in [0.25, 0.3) is 3.79 Å². The van der Waals surface area contributed by atoms with Crippen LogP contribution in [0.2, 0.25) is 0 Å². The highest BCUT2D eigenvalue weighted by atomic mass is 35.6. The molecule has 0 aromatic carbocycles.